The Balaban J connectivity index is 1.36. The van der Waals surface area contributed by atoms with Crippen LogP contribution in [0, 0.1) is 11.6 Å². The second-order valence-corrected chi connectivity index (χ2v) is 7.00. The standard InChI is InChI=1S/C22H15F2N7O/c23-16-1-3-18(4-2-16)31-10-15(9-30-31)14-5-13(6-17(24)7-14)8-25-22(32)20-19-21(28-11-26-19)29-12-27-20/h1-7,9-12H,8H2,(H,25,32)(H,26,27,28,29). The molecular weight excluding hydrogens is 416 g/mol. The molecule has 0 saturated heterocycles. The van der Waals surface area contributed by atoms with Gasteiger partial charge in [0.15, 0.2) is 11.3 Å². The van der Waals surface area contributed by atoms with Crippen LogP contribution in [-0.4, -0.2) is 35.6 Å². The van der Waals surface area contributed by atoms with E-state index in [2.05, 4.69) is 30.4 Å². The predicted octanol–water partition coefficient (Wildman–Crippen LogP) is 3.41. The number of rotatable bonds is 5. The van der Waals surface area contributed by atoms with Crippen molar-refractivity contribution in [3.8, 4) is 16.8 Å². The molecule has 3 aromatic heterocycles. The smallest absolute Gasteiger partial charge is 0.272 e. The summed E-state index contributed by atoms with van der Waals surface area (Å²) in [6, 6.07) is 10.4. The van der Waals surface area contributed by atoms with Crippen LogP contribution in [0.25, 0.3) is 28.0 Å². The van der Waals surface area contributed by atoms with Crippen LogP contribution in [0.15, 0.2) is 67.5 Å². The van der Waals surface area contributed by atoms with Gasteiger partial charge in [-0.1, -0.05) is 0 Å². The first kappa shape index (κ1) is 19.5. The summed E-state index contributed by atoms with van der Waals surface area (Å²) in [5.74, 6) is -1.22. The molecule has 2 N–H and O–H groups in total. The third-order valence-corrected chi connectivity index (χ3v) is 4.86. The number of nitrogens with zero attached hydrogens (tertiary/aromatic N) is 5. The highest BCUT2D eigenvalue weighted by molar-refractivity contribution is 6.01. The van der Waals surface area contributed by atoms with E-state index < -0.39 is 11.7 Å². The van der Waals surface area contributed by atoms with E-state index in [9.17, 15) is 13.6 Å². The van der Waals surface area contributed by atoms with Gasteiger partial charge in [-0.05, 0) is 53.6 Å². The lowest BCUT2D eigenvalue weighted by molar-refractivity contribution is 0.0947. The lowest BCUT2D eigenvalue weighted by Crippen LogP contribution is -2.24. The number of imidazole rings is 1. The number of aromatic nitrogens is 6. The lowest BCUT2D eigenvalue weighted by atomic mass is 10.1. The number of fused-ring (bicyclic) bond motifs is 1. The summed E-state index contributed by atoms with van der Waals surface area (Å²) in [4.78, 5) is 27.4. The Hall–Kier alpha value is -4.47. The number of carbonyl (C=O) groups is 1. The largest absolute Gasteiger partial charge is 0.347 e. The summed E-state index contributed by atoms with van der Waals surface area (Å²) in [5, 5.41) is 7.01. The van der Waals surface area contributed by atoms with E-state index in [0.29, 0.717) is 33.5 Å². The van der Waals surface area contributed by atoms with Crippen molar-refractivity contribution >= 4 is 17.1 Å². The Morgan fingerprint density at radius 3 is 2.69 bits per heavy atom. The van der Waals surface area contributed by atoms with Gasteiger partial charge in [0.25, 0.3) is 5.91 Å². The second kappa shape index (κ2) is 7.99. The molecule has 0 unspecified atom stereocenters. The number of hydrogen-bond donors (Lipinski definition) is 2. The molecule has 3 heterocycles. The predicted molar refractivity (Wildman–Crippen MR) is 112 cm³/mol. The molecule has 0 bridgehead atoms. The van der Waals surface area contributed by atoms with Gasteiger partial charge >= 0.3 is 0 Å². The van der Waals surface area contributed by atoms with Crippen molar-refractivity contribution in [2.45, 2.75) is 6.54 Å². The van der Waals surface area contributed by atoms with Gasteiger partial charge in [0.1, 0.15) is 23.5 Å². The van der Waals surface area contributed by atoms with Crippen molar-refractivity contribution < 1.29 is 13.6 Å². The molecule has 0 fully saturated rings. The van der Waals surface area contributed by atoms with Gasteiger partial charge in [0.2, 0.25) is 0 Å². The van der Waals surface area contributed by atoms with Crippen LogP contribution in [0.4, 0.5) is 8.78 Å². The molecule has 5 aromatic rings. The van der Waals surface area contributed by atoms with Crippen LogP contribution in [0.1, 0.15) is 16.1 Å². The maximum atomic E-state index is 14.3. The number of carbonyl (C=O) groups excluding carboxylic acids is 1. The summed E-state index contributed by atoms with van der Waals surface area (Å²) in [6.45, 7) is 0.0926. The number of amides is 1. The van der Waals surface area contributed by atoms with E-state index in [0.717, 1.165) is 0 Å². The molecule has 0 aliphatic heterocycles. The van der Waals surface area contributed by atoms with Crippen molar-refractivity contribution in [1.82, 2.24) is 35.0 Å². The average molecular weight is 431 g/mol. The van der Waals surface area contributed by atoms with Gasteiger partial charge in [-0.3, -0.25) is 4.79 Å². The summed E-state index contributed by atoms with van der Waals surface area (Å²) in [6.07, 6.45) is 6.01. The summed E-state index contributed by atoms with van der Waals surface area (Å²) in [7, 11) is 0. The van der Waals surface area contributed by atoms with Gasteiger partial charge in [-0.25, -0.2) is 28.4 Å². The van der Waals surface area contributed by atoms with Crippen LogP contribution in [0.3, 0.4) is 0 Å². The number of H-pyrrole nitrogens is 1. The first-order valence-corrected chi connectivity index (χ1v) is 9.59. The Morgan fingerprint density at radius 1 is 1.00 bits per heavy atom. The van der Waals surface area contributed by atoms with Crippen LogP contribution in [0.2, 0.25) is 0 Å². The van der Waals surface area contributed by atoms with Gasteiger partial charge in [-0.2, -0.15) is 5.10 Å². The normalized spacial score (nSPS) is 11.1. The highest BCUT2D eigenvalue weighted by atomic mass is 19.1. The molecular formula is C22H15F2N7O. The SMILES string of the molecule is O=C(NCc1cc(F)cc(-c2cnn(-c3ccc(F)cc3)c2)c1)c1ncnc2nc[nH]c12. The van der Waals surface area contributed by atoms with Crippen LogP contribution in [-0.2, 0) is 6.54 Å². The van der Waals surface area contributed by atoms with Crippen molar-refractivity contribution in [2.24, 2.45) is 0 Å². The Bertz CT molecular complexity index is 1430. The number of hydrogen-bond acceptors (Lipinski definition) is 5. The van der Waals surface area contributed by atoms with Gasteiger partial charge in [0.05, 0.1) is 18.2 Å². The van der Waals surface area contributed by atoms with Crippen molar-refractivity contribution in [1.29, 1.82) is 0 Å². The Labute approximate surface area is 180 Å². The van der Waals surface area contributed by atoms with E-state index in [4.69, 9.17) is 0 Å². The number of nitrogens with one attached hydrogen (secondary N) is 2. The first-order chi connectivity index (χ1) is 15.6. The van der Waals surface area contributed by atoms with Gasteiger partial charge in [-0.15, -0.1) is 0 Å². The molecule has 5 rings (SSSR count). The fourth-order valence-electron chi connectivity index (χ4n) is 3.33. The third kappa shape index (κ3) is 3.81. The molecule has 0 spiro atoms. The molecule has 0 aliphatic carbocycles. The van der Waals surface area contributed by atoms with Crippen molar-refractivity contribution in [2.75, 3.05) is 0 Å². The monoisotopic (exact) mass is 431 g/mol. The number of aromatic amines is 1. The zero-order valence-electron chi connectivity index (χ0n) is 16.5. The van der Waals surface area contributed by atoms with Gasteiger partial charge < -0.3 is 10.3 Å². The molecule has 0 atom stereocenters. The molecule has 2 aromatic carbocycles. The van der Waals surface area contributed by atoms with Crippen molar-refractivity contribution in [3.63, 3.8) is 0 Å². The van der Waals surface area contributed by atoms with E-state index in [1.165, 1.54) is 36.9 Å². The molecule has 10 heteroatoms. The first-order valence-electron chi connectivity index (χ1n) is 9.59. The minimum Gasteiger partial charge on any atom is -0.347 e. The molecule has 32 heavy (non-hydrogen) atoms. The lowest BCUT2D eigenvalue weighted by Gasteiger charge is -2.07. The van der Waals surface area contributed by atoms with Crippen LogP contribution in [0.5, 0.6) is 0 Å². The highest BCUT2D eigenvalue weighted by Crippen LogP contribution is 2.23. The topological polar surface area (TPSA) is 101 Å². The molecule has 8 nitrogen and oxygen atoms in total. The molecule has 158 valence electrons. The van der Waals surface area contributed by atoms with Gasteiger partial charge in [0, 0.05) is 18.3 Å². The summed E-state index contributed by atoms with van der Waals surface area (Å²) in [5.41, 5.74) is 3.49. The fraction of sp³-hybridized carbons (Fsp3) is 0.0455. The zero-order valence-corrected chi connectivity index (χ0v) is 16.5. The molecule has 1 amide bonds. The molecule has 0 aliphatic rings. The number of halogens is 2. The van der Waals surface area contributed by atoms with Crippen LogP contribution < -0.4 is 5.32 Å². The maximum absolute atomic E-state index is 14.3. The second-order valence-electron chi connectivity index (χ2n) is 7.00. The molecule has 0 radical (unpaired) electrons. The maximum Gasteiger partial charge on any atom is 0.272 e. The number of benzene rings is 2. The third-order valence-electron chi connectivity index (χ3n) is 4.86. The van der Waals surface area contributed by atoms with E-state index >= 15 is 0 Å². The van der Waals surface area contributed by atoms with Crippen molar-refractivity contribution in [3.05, 3.63) is 90.4 Å². The Morgan fingerprint density at radius 2 is 1.84 bits per heavy atom. The minimum absolute atomic E-state index is 0.0926. The van der Waals surface area contributed by atoms with E-state index in [1.807, 2.05) is 0 Å². The summed E-state index contributed by atoms with van der Waals surface area (Å²) < 4.78 is 29.0. The minimum atomic E-state index is -0.445. The fourth-order valence-corrected chi connectivity index (χ4v) is 3.33. The highest BCUT2D eigenvalue weighted by Gasteiger charge is 2.14. The van der Waals surface area contributed by atoms with E-state index in [-0.39, 0.29) is 18.1 Å². The zero-order chi connectivity index (χ0) is 22.1. The van der Waals surface area contributed by atoms with Crippen LogP contribution >= 0.6 is 0 Å². The summed E-state index contributed by atoms with van der Waals surface area (Å²) >= 11 is 0. The quantitative estimate of drug-likeness (QED) is 0.444. The van der Waals surface area contributed by atoms with E-state index in [1.54, 1.807) is 35.3 Å². The molecule has 0 saturated carbocycles. The average Bonchev–Trinajstić information content (AvgIpc) is 3.47. The Kier molecular flexibility index (Phi) is 4.86.